The first-order valence-electron chi connectivity index (χ1n) is 7.90. The van der Waals surface area contributed by atoms with E-state index in [0.717, 1.165) is 5.56 Å². The lowest BCUT2D eigenvalue weighted by molar-refractivity contribution is -0.142. The third kappa shape index (κ3) is 4.38. The number of amides is 2. The first kappa shape index (κ1) is 17.6. The number of hydrogen-bond acceptors (Lipinski definition) is 2. The summed E-state index contributed by atoms with van der Waals surface area (Å²) in [6, 6.07) is 7.23. The maximum absolute atomic E-state index is 12.4. The molecular formula is C17H23ClN2O3. The summed E-state index contributed by atoms with van der Waals surface area (Å²) in [6.07, 6.45) is 2.64. The van der Waals surface area contributed by atoms with Crippen molar-refractivity contribution in [1.29, 1.82) is 0 Å². The van der Waals surface area contributed by atoms with Crippen molar-refractivity contribution in [2.24, 2.45) is 5.92 Å². The minimum atomic E-state index is -0.737. The highest BCUT2D eigenvalue weighted by molar-refractivity contribution is 6.31. The molecule has 0 bridgehead atoms. The number of urea groups is 1. The molecule has 0 aromatic heterocycles. The lowest BCUT2D eigenvalue weighted by Gasteiger charge is -2.31. The molecule has 6 heteroatoms. The summed E-state index contributed by atoms with van der Waals surface area (Å²) >= 11 is 6.19. The van der Waals surface area contributed by atoms with Crippen LogP contribution in [-0.2, 0) is 4.79 Å². The van der Waals surface area contributed by atoms with Crippen molar-refractivity contribution in [2.75, 3.05) is 7.05 Å². The molecule has 1 aromatic rings. The van der Waals surface area contributed by atoms with Gasteiger partial charge in [-0.25, -0.2) is 4.79 Å². The van der Waals surface area contributed by atoms with Crippen LogP contribution in [0, 0.1) is 5.92 Å². The summed E-state index contributed by atoms with van der Waals surface area (Å²) in [5.41, 5.74) is 0.904. The summed E-state index contributed by atoms with van der Waals surface area (Å²) in [7, 11) is 1.74. The quantitative estimate of drug-likeness (QED) is 0.879. The van der Waals surface area contributed by atoms with Crippen LogP contribution in [0.4, 0.5) is 4.79 Å². The van der Waals surface area contributed by atoms with E-state index < -0.39 is 5.97 Å². The molecule has 5 nitrogen and oxygen atoms in total. The molecule has 1 fully saturated rings. The van der Waals surface area contributed by atoms with E-state index in [4.69, 9.17) is 16.7 Å². The summed E-state index contributed by atoms with van der Waals surface area (Å²) in [6.45, 7) is 1.93. The molecule has 2 amide bonds. The first-order valence-corrected chi connectivity index (χ1v) is 8.28. The number of nitrogens with zero attached hydrogens (tertiary/aromatic N) is 1. The smallest absolute Gasteiger partial charge is 0.317 e. The highest BCUT2D eigenvalue weighted by Gasteiger charge is 2.28. The van der Waals surface area contributed by atoms with Gasteiger partial charge in [0.1, 0.15) is 0 Å². The van der Waals surface area contributed by atoms with Crippen LogP contribution in [0.15, 0.2) is 24.3 Å². The molecule has 2 rings (SSSR count). The Morgan fingerprint density at radius 3 is 2.43 bits per heavy atom. The van der Waals surface area contributed by atoms with E-state index in [1.54, 1.807) is 11.9 Å². The zero-order valence-electron chi connectivity index (χ0n) is 13.5. The topological polar surface area (TPSA) is 69.6 Å². The highest BCUT2D eigenvalue weighted by Crippen LogP contribution is 2.27. The molecule has 1 aromatic carbocycles. The summed E-state index contributed by atoms with van der Waals surface area (Å²) < 4.78 is 0. The largest absolute Gasteiger partial charge is 0.481 e. The molecule has 126 valence electrons. The fourth-order valence-corrected chi connectivity index (χ4v) is 3.25. The molecule has 0 heterocycles. The molecule has 1 saturated carbocycles. The average Bonchev–Trinajstić information content (AvgIpc) is 2.54. The minimum Gasteiger partial charge on any atom is -0.481 e. The Morgan fingerprint density at radius 1 is 1.26 bits per heavy atom. The van der Waals surface area contributed by atoms with Crippen molar-refractivity contribution >= 4 is 23.6 Å². The van der Waals surface area contributed by atoms with Crippen molar-refractivity contribution in [3.8, 4) is 0 Å². The number of carboxylic acid groups (broad SMARTS) is 1. The maximum atomic E-state index is 12.4. The molecule has 0 radical (unpaired) electrons. The second-order valence-electron chi connectivity index (χ2n) is 6.14. The number of hydrogen-bond donors (Lipinski definition) is 2. The number of carbonyl (C=O) groups excluding carboxylic acids is 1. The van der Waals surface area contributed by atoms with Crippen molar-refractivity contribution in [3.05, 3.63) is 34.9 Å². The van der Waals surface area contributed by atoms with Gasteiger partial charge in [0.15, 0.2) is 0 Å². The van der Waals surface area contributed by atoms with Gasteiger partial charge < -0.3 is 15.3 Å². The van der Waals surface area contributed by atoms with Gasteiger partial charge in [0.05, 0.1) is 12.0 Å². The van der Waals surface area contributed by atoms with Crippen LogP contribution in [0.1, 0.15) is 44.2 Å². The Morgan fingerprint density at radius 2 is 1.87 bits per heavy atom. The van der Waals surface area contributed by atoms with E-state index in [1.165, 1.54) is 0 Å². The van der Waals surface area contributed by atoms with Gasteiger partial charge in [-0.15, -0.1) is 0 Å². The molecule has 0 spiro atoms. The Hall–Kier alpha value is -1.75. The van der Waals surface area contributed by atoms with Crippen LogP contribution >= 0.6 is 11.6 Å². The van der Waals surface area contributed by atoms with Gasteiger partial charge in [-0.2, -0.15) is 0 Å². The van der Waals surface area contributed by atoms with Gasteiger partial charge >= 0.3 is 12.0 Å². The highest BCUT2D eigenvalue weighted by atomic mass is 35.5. The Kier molecular flexibility index (Phi) is 5.88. The van der Waals surface area contributed by atoms with Crippen LogP contribution in [-0.4, -0.2) is 35.1 Å². The number of aliphatic carboxylic acids is 1. The predicted octanol–water partition coefficient (Wildman–Crippen LogP) is 3.69. The van der Waals surface area contributed by atoms with Crippen LogP contribution in [0.2, 0.25) is 5.02 Å². The molecule has 1 aliphatic rings. The normalized spacial score (nSPS) is 22.2. The Balaban J connectivity index is 1.91. The summed E-state index contributed by atoms with van der Waals surface area (Å²) in [5, 5.41) is 12.7. The number of nitrogens with one attached hydrogen (secondary N) is 1. The molecular weight excluding hydrogens is 316 g/mol. The Labute approximate surface area is 141 Å². The van der Waals surface area contributed by atoms with Gasteiger partial charge in [0.25, 0.3) is 0 Å². The van der Waals surface area contributed by atoms with Gasteiger partial charge in [-0.1, -0.05) is 29.8 Å². The van der Waals surface area contributed by atoms with E-state index in [0.29, 0.717) is 30.7 Å². The van der Waals surface area contributed by atoms with Gasteiger partial charge in [-0.3, -0.25) is 4.79 Å². The zero-order chi connectivity index (χ0) is 17.0. The van der Waals surface area contributed by atoms with Crippen LogP contribution in [0.3, 0.4) is 0 Å². The standard InChI is InChI=1S/C17H23ClN2O3/c1-11(14-5-3-4-6-15(14)18)20(2)17(23)19-13-9-7-12(8-10-13)16(21)22/h3-6,11-13H,7-10H2,1-2H3,(H,19,23)(H,21,22). The maximum Gasteiger partial charge on any atom is 0.317 e. The van der Waals surface area contributed by atoms with Crippen molar-refractivity contribution < 1.29 is 14.7 Å². The SMILES string of the molecule is CC(c1ccccc1Cl)N(C)C(=O)NC1CCC(C(=O)O)CC1. The van der Waals surface area contributed by atoms with E-state index in [2.05, 4.69) is 5.32 Å². The number of carbonyl (C=O) groups is 2. The first-order chi connectivity index (χ1) is 10.9. The third-order valence-corrected chi connectivity index (χ3v) is 5.00. The van der Waals surface area contributed by atoms with E-state index in [9.17, 15) is 9.59 Å². The molecule has 1 aliphatic carbocycles. The lowest BCUT2D eigenvalue weighted by Crippen LogP contribution is -2.45. The third-order valence-electron chi connectivity index (χ3n) is 4.66. The zero-order valence-corrected chi connectivity index (χ0v) is 14.2. The number of rotatable bonds is 4. The van der Waals surface area contributed by atoms with Crippen molar-refractivity contribution in [3.63, 3.8) is 0 Å². The lowest BCUT2D eigenvalue weighted by atomic mass is 9.86. The minimum absolute atomic E-state index is 0.0407. The van der Waals surface area contributed by atoms with E-state index >= 15 is 0 Å². The van der Waals surface area contributed by atoms with Gasteiger partial charge in [0, 0.05) is 18.1 Å². The summed E-state index contributed by atoms with van der Waals surface area (Å²) in [4.78, 5) is 25.0. The van der Waals surface area contributed by atoms with Crippen LogP contribution in [0.5, 0.6) is 0 Å². The second-order valence-corrected chi connectivity index (χ2v) is 6.55. The molecule has 23 heavy (non-hydrogen) atoms. The van der Waals surface area contributed by atoms with Crippen LogP contribution < -0.4 is 5.32 Å². The average molecular weight is 339 g/mol. The van der Waals surface area contributed by atoms with Gasteiger partial charge in [0.2, 0.25) is 0 Å². The monoisotopic (exact) mass is 338 g/mol. The van der Waals surface area contributed by atoms with Crippen LogP contribution in [0.25, 0.3) is 0 Å². The van der Waals surface area contributed by atoms with Crippen molar-refractivity contribution in [2.45, 2.75) is 44.7 Å². The second kappa shape index (κ2) is 7.68. The fraction of sp³-hybridized carbons (Fsp3) is 0.529. The Bertz CT molecular complexity index is 571. The number of halogens is 1. The molecule has 1 unspecified atom stereocenters. The van der Waals surface area contributed by atoms with Crippen molar-refractivity contribution in [1.82, 2.24) is 10.2 Å². The molecule has 2 N–H and O–H groups in total. The van der Waals surface area contributed by atoms with Gasteiger partial charge in [-0.05, 0) is 44.2 Å². The summed E-state index contributed by atoms with van der Waals surface area (Å²) in [5.74, 6) is -1.01. The number of benzene rings is 1. The number of carboxylic acids is 1. The molecule has 1 atom stereocenters. The van der Waals surface area contributed by atoms with E-state index in [-0.39, 0.29) is 24.0 Å². The molecule has 0 aliphatic heterocycles. The van der Waals surface area contributed by atoms with E-state index in [1.807, 2.05) is 31.2 Å². The fourth-order valence-electron chi connectivity index (χ4n) is 2.96. The predicted molar refractivity (Wildman–Crippen MR) is 89.5 cm³/mol. The molecule has 0 saturated heterocycles.